The van der Waals surface area contributed by atoms with Gasteiger partial charge in [-0.3, -0.25) is 9.18 Å². The number of phenolic OH excluding ortho intramolecular Hbond substituents is 1. The van der Waals surface area contributed by atoms with Crippen LogP contribution in [0.2, 0.25) is 0 Å². The standard InChI is InChI=1S/C18H22FN3O4S/c1-3-21(6-8-27-7-4-5-19)18(24)15(13-20)9-14-10-16(22(25)26-2)12-17(23)11-14/h9-12H,3-8H2,1-2H3/p+1/b15-9+. The SMILES string of the molecule is CCN(CCSCCCF)C(=O)/C(C#N)=C/c1cc(O)cc([N+](=O)OC)c1. The average Bonchev–Trinajstić information content (AvgIpc) is 2.67. The smallest absolute Gasteiger partial charge is 0.321 e. The molecular formula is C18H23FN3O4S+. The van der Waals surface area contributed by atoms with Crippen LogP contribution in [0.3, 0.4) is 0 Å². The third-order valence-electron chi connectivity index (χ3n) is 3.56. The quantitative estimate of drug-likeness (QED) is 0.267. The van der Waals surface area contributed by atoms with Gasteiger partial charge in [-0.15, -0.1) is 0 Å². The topological polar surface area (TPSA) is 93.6 Å². The molecule has 0 unspecified atom stereocenters. The highest BCUT2D eigenvalue weighted by Gasteiger charge is 2.19. The molecule has 0 saturated heterocycles. The molecule has 7 nitrogen and oxygen atoms in total. The molecule has 0 aliphatic heterocycles. The number of aromatic hydroxyl groups is 1. The molecule has 1 rings (SSSR count). The maximum absolute atomic E-state index is 12.6. The van der Waals surface area contributed by atoms with Crippen LogP contribution in [0, 0.1) is 16.2 Å². The van der Waals surface area contributed by atoms with Gasteiger partial charge < -0.3 is 10.0 Å². The highest BCUT2D eigenvalue weighted by atomic mass is 32.2. The minimum Gasteiger partial charge on any atom is -0.508 e. The van der Waals surface area contributed by atoms with E-state index in [0.717, 1.165) is 0 Å². The van der Waals surface area contributed by atoms with Gasteiger partial charge >= 0.3 is 5.69 Å². The van der Waals surface area contributed by atoms with Crippen molar-refractivity contribution >= 4 is 29.4 Å². The lowest BCUT2D eigenvalue weighted by Crippen LogP contribution is -2.33. The van der Waals surface area contributed by atoms with Crippen LogP contribution in [0.1, 0.15) is 18.9 Å². The molecule has 0 aliphatic carbocycles. The van der Waals surface area contributed by atoms with Crippen molar-refractivity contribution in [3.05, 3.63) is 34.2 Å². The van der Waals surface area contributed by atoms with Crippen molar-refractivity contribution in [3.8, 4) is 11.8 Å². The zero-order valence-electron chi connectivity index (χ0n) is 15.4. The Hall–Kier alpha value is -2.60. The Morgan fingerprint density at radius 3 is 2.78 bits per heavy atom. The maximum Gasteiger partial charge on any atom is 0.321 e. The number of phenols is 1. The molecular weight excluding hydrogens is 373 g/mol. The largest absolute Gasteiger partial charge is 0.508 e. The van der Waals surface area contributed by atoms with Crippen molar-refractivity contribution in [2.24, 2.45) is 0 Å². The molecule has 0 saturated carbocycles. The number of likely N-dealkylation sites (N-methyl/N-ethyl adjacent to an activating group) is 1. The number of nitriles is 1. The first-order valence-electron chi connectivity index (χ1n) is 8.37. The van der Waals surface area contributed by atoms with Crippen LogP contribution in [0.15, 0.2) is 23.8 Å². The molecule has 0 bridgehead atoms. The summed E-state index contributed by atoms with van der Waals surface area (Å²) in [5, 5.41) is 19.1. The summed E-state index contributed by atoms with van der Waals surface area (Å²) in [6.45, 7) is 2.30. The maximum atomic E-state index is 12.6. The number of benzene rings is 1. The number of carbonyl (C=O) groups excluding carboxylic acids is 1. The van der Waals surface area contributed by atoms with Crippen LogP contribution in [0.5, 0.6) is 5.75 Å². The number of nitrogens with zero attached hydrogens (tertiary/aromatic N) is 3. The highest BCUT2D eigenvalue weighted by Crippen LogP contribution is 2.24. The van der Waals surface area contributed by atoms with Crippen LogP contribution >= 0.6 is 11.8 Å². The molecule has 1 N–H and O–H groups in total. The second-order valence-corrected chi connectivity index (χ2v) is 6.66. The van der Waals surface area contributed by atoms with Crippen molar-refractivity contribution in [1.82, 2.24) is 4.90 Å². The van der Waals surface area contributed by atoms with Gasteiger partial charge in [0.2, 0.25) is 0 Å². The zero-order valence-corrected chi connectivity index (χ0v) is 16.2. The summed E-state index contributed by atoms with van der Waals surface area (Å²) in [5.74, 6) is 0.688. The van der Waals surface area contributed by atoms with E-state index in [1.54, 1.807) is 18.7 Å². The first kappa shape index (κ1) is 22.4. The van der Waals surface area contributed by atoms with Crippen LogP contribution < -0.4 is 0 Å². The number of alkyl halides is 1. The van der Waals surface area contributed by atoms with Gasteiger partial charge in [0, 0.05) is 24.9 Å². The zero-order chi connectivity index (χ0) is 20.2. The molecule has 0 aromatic heterocycles. The average molecular weight is 396 g/mol. The van der Waals surface area contributed by atoms with Gasteiger partial charge in [-0.1, -0.05) is 0 Å². The molecule has 0 fully saturated rings. The predicted octanol–water partition coefficient (Wildman–Crippen LogP) is 3.21. The number of hydrogen-bond donors (Lipinski definition) is 1. The second kappa shape index (κ2) is 11.9. The molecule has 1 aromatic rings. The number of amides is 1. The van der Waals surface area contributed by atoms with Crippen molar-refractivity contribution in [2.75, 3.05) is 38.4 Å². The number of hydrogen-bond acceptors (Lipinski definition) is 6. The van der Waals surface area contributed by atoms with E-state index in [-0.39, 0.29) is 28.6 Å². The van der Waals surface area contributed by atoms with Gasteiger partial charge in [-0.2, -0.15) is 17.0 Å². The molecule has 1 amide bonds. The molecule has 27 heavy (non-hydrogen) atoms. The Labute approximate surface area is 161 Å². The molecule has 0 heterocycles. The minimum atomic E-state index is -0.443. The Bertz CT molecular complexity index is 734. The number of thioether (sulfide) groups is 1. The Morgan fingerprint density at radius 2 is 2.19 bits per heavy atom. The second-order valence-electron chi connectivity index (χ2n) is 5.43. The van der Waals surface area contributed by atoms with Crippen LogP contribution in [0.4, 0.5) is 10.1 Å². The molecule has 146 valence electrons. The van der Waals surface area contributed by atoms with E-state index in [1.807, 2.05) is 6.07 Å². The molecule has 1 aromatic carbocycles. The van der Waals surface area contributed by atoms with Gasteiger partial charge in [0.15, 0.2) is 7.11 Å². The fourth-order valence-corrected chi connectivity index (χ4v) is 3.09. The first-order valence-corrected chi connectivity index (χ1v) is 9.52. The third-order valence-corrected chi connectivity index (χ3v) is 4.61. The van der Waals surface area contributed by atoms with E-state index in [1.165, 1.54) is 36.3 Å². The van der Waals surface area contributed by atoms with E-state index in [4.69, 9.17) is 0 Å². The van der Waals surface area contributed by atoms with Gasteiger partial charge in [0.1, 0.15) is 17.4 Å². The predicted molar refractivity (Wildman–Crippen MR) is 102 cm³/mol. The molecule has 0 radical (unpaired) electrons. The Morgan fingerprint density at radius 1 is 1.44 bits per heavy atom. The number of carbonyl (C=O) groups is 1. The summed E-state index contributed by atoms with van der Waals surface area (Å²) >= 11 is 1.55. The highest BCUT2D eigenvalue weighted by molar-refractivity contribution is 7.99. The van der Waals surface area contributed by atoms with Gasteiger partial charge in [-0.05, 0) is 36.8 Å². The van der Waals surface area contributed by atoms with Crippen LogP contribution in [-0.4, -0.2) is 59.2 Å². The van der Waals surface area contributed by atoms with Crippen molar-refractivity contribution < 1.29 is 24.1 Å². The van der Waals surface area contributed by atoms with E-state index in [0.29, 0.717) is 36.6 Å². The summed E-state index contributed by atoms with van der Waals surface area (Å²) in [6, 6.07) is 5.80. The van der Waals surface area contributed by atoms with Crippen molar-refractivity contribution in [1.29, 1.82) is 5.26 Å². The van der Waals surface area contributed by atoms with E-state index in [9.17, 15) is 24.5 Å². The molecule has 0 atom stereocenters. The first-order chi connectivity index (χ1) is 13.0. The lowest BCUT2D eigenvalue weighted by molar-refractivity contribution is -0.736. The summed E-state index contributed by atoms with van der Waals surface area (Å²) in [5.41, 5.74) is 0.239. The van der Waals surface area contributed by atoms with Gasteiger partial charge in [-0.25, -0.2) is 4.84 Å². The monoisotopic (exact) mass is 396 g/mol. The fraction of sp³-hybridized carbons (Fsp3) is 0.444. The minimum absolute atomic E-state index is 0.0325. The lowest BCUT2D eigenvalue weighted by atomic mass is 10.1. The van der Waals surface area contributed by atoms with Gasteiger partial charge in [0.05, 0.1) is 17.6 Å². The Kier molecular flexibility index (Phi) is 9.90. The summed E-state index contributed by atoms with van der Waals surface area (Å²) in [7, 11) is 1.18. The van der Waals surface area contributed by atoms with Crippen LogP contribution in [-0.2, 0) is 9.63 Å². The third kappa shape index (κ3) is 7.27. The normalized spacial score (nSPS) is 11.0. The fourth-order valence-electron chi connectivity index (χ4n) is 2.23. The Balaban J connectivity index is 2.94. The van der Waals surface area contributed by atoms with E-state index < -0.39 is 5.91 Å². The van der Waals surface area contributed by atoms with Crippen LogP contribution in [0.25, 0.3) is 6.08 Å². The van der Waals surface area contributed by atoms with Gasteiger partial charge in [0.25, 0.3) is 10.8 Å². The van der Waals surface area contributed by atoms with Crippen molar-refractivity contribution in [2.45, 2.75) is 13.3 Å². The summed E-state index contributed by atoms with van der Waals surface area (Å²) in [6.07, 6.45) is 1.79. The molecule has 0 aliphatic rings. The van der Waals surface area contributed by atoms with Crippen molar-refractivity contribution in [3.63, 3.8) is 0 Å². The molecule has 0 spiro atoms. The summed E-state index contributed by atoms with van der Waals surface area (Å²) < 4.78 is 12.1. The lowest BCUT2D eigenvalue weighted by Gasteiger charge is -2.20. The number of halogens is 1. The summed E-state index contributed by atoms with van der Waals surface area (Å²) in [4.78, 5) is 30.4. The van der Waals surface area contributed by atoms with E-state index in [2.05, 4.69) is 4.84 Å². The van der Waals surface area contributed by atoms with E-state index >= 15 is 0 Å². The molecule has 9 heteroatoms. The number of rotatable bonds is 11.